The average molecular weight is 395 g/mol. The Balaban J connectivity index is 1.85. The molecule has 0 aliphatic heterocycles. The molecule has 9 heteroatoms. The highest BCUT2D eigenvalue weighted by atomic mass is 16.5. The normalized spacial score (nSPS) is 11.7. The van der Waals surface area contributed by atoms with Crippen molar-refractivity contribution in [2.24, 2.45) is 5.41 Å². The largest absolute Gasteiger partial charge is 0.465 e. The van der Waals surface area contributed by atoms with Gasteiger partial charge in [-0.1, -0.05) is 26.8 Å². The number of esters is 1. The van der Waals surface area contributed by atoms with Crippen LogP contribution in [0.5, 0.6) is 0 Å². The Morgan fingerprint density at radius 2 is 1.97 bits per heavy atom. The fourth-order valence-corrected chi connectivity index (χ4v) is 2.41. The first-order chi connectivity index (χ1) is 13.7. The molecule has 3 heterocycles. The summed E-state index contributed by atoms with van der Waals surface area (Å²) in [7, 11) is 1.32. The number of ether oxygens (including phenoxy) is 1. The quantitative estimate of drug-likeness (QED) is 0.582. The highest BCUT2D eigenvalue weighted by Crippen LogP contribution is 2.16. The molecule has 0 bridgehead atoms. The monoisotopic (exact) mass is 395 g/mol. The van der Waals surface area contributed by atoms with Gasteiger partial charge in [-0.15, -0.1) is 0 Å². The van der Waals surface area contributed by atoms with Crippen molar-refractivity contribution in [3.8, 4) is 0 Å². The van der Waals surface area contributed by atoms with Gasteiger partial charge in [-0.2, -0.15) is 4.98 Å². The van der Waals surface area contributed by atoms with Gasteiger partial charge in [0.25, 0.3) is 5.56 Å². The lowest BCUT2D eigenvalue weighted by Crippen LogP contribution is -2.29. The molecule has 0 spiro atoms. The van der Waals surface area contributed by atoms with E-state index in [9.17, 15) is 14.4 Å². The van der Waals surface area contributed by atoms with Crippen LogP contribution in [-0.4, -0.2) is 38.9 Å². The number of hydrogen-bond donors (Lipinski definition) is 3. The molecule has 150 valence electrons. The van der Waals surface area contributed by atoms with Crippen molar-refractivity contribution < 1.29 is 14.3 Å². The second-order valence-electron chi connectivity index (χ2n) is 7.43. The zero-order valence-corrected chi connectivity index (χ0v) is 16.5. The second-order valence-corrected chi connectivity index (χ2v) is 7.43. The van der Waals surface area contributed by atoms with Gasteiger partial charge in [0, 0.05) is 23.5 Å². The van der Waals surface area contributed by atoms with E-state index in [0.29, 0.717) is 22.2 Å². The van der Waals surface area contributed by atoms with E-state index in [2.05, 4.69) is 30.0 Å². The topological polar surface area (TPSA) is 130 Å². The average Bonchev–Trinajstić information content (AvgIpc) is 3.14. The zero-order chi connectivity index (χ0) is 21.2. The van der Waals surface area contributed by atoms with Crippen molar-refractivity contribution in [3.63, 3.8) is 0 Å². The number of anilines is 1. The van der Waals surface area contributed by atoms with Crippen LogP contribution in [0.15, 0.2) is 29.3 Å². The standard InChI is InChI=1S/C20H21N5O4/c1-20(2,3)18(28)25-19-23-15-14(16(26)24-19)7-11(9-22-15)5-6-13-8-12(10-21-13)17(27)29-4/h5-10,21H,1-4H3,(H2,22,23,24,25,26,28). The van der Waals surface area contributed by atoms with Crippen LogP contribution >= 0.6 is 0 Å². The zero-order valence-electron chi connectivity index (χ0n) is 16.5. The number of aromatic nitrogens is 4. The molecule has 9 nitrogen and oxygen atoms in total. The van der Waals surface area contributed by atoms with E-state index in [0.717, 1.165) is 0 Å². The highest BCUT2D eigenvalue weighted by molar-refractivity contribution is 5.93. The van der Waals surface area contributed by atoms with Gasteiger partial charge in [-0.05, 0) is 23.8 Å². The van der Waals surface area contributed by atoms with Crippen molar-refractivity contribution >= 4 is 41.0 Å². The molecule has 0 saturated carbocycles. The van der Waals surface area contributed by atoms with Crippen LogP contribution in [0.3, 0.4) is 0 Å². The minimum atomic E-state index is -0.624. The van der Waals surface area contributed by atoms with Crippen LogP contribution in [0.1, 0.15) is 42.4 Å². The lowest BCUT2D eigenvalue weighted by molar-refractivity contribution is -0.123. The second kappa shape index (κ2) is 7.70. The van der Waals surface area contributed by atoms with Gasteiger partial charge in [0.2, 0.25) is 11.9 Å². The molecule has 3 aromatic heterocycles. The fraction of sp³-hybridized carbons (Fsp3) is 0.250. The summed E-state index contributed by atoms with van der Waals surface area (Å²) >= 11 is 0. The minimum Gasteiger partial charge on any atom is -0.465 e. The number of aromatic amines is 2. The summed E-state index contributed by atoms with van der Waals surface area (Å²) in [5, 5.41) is 2.88. The summed E-state index contributed by atoms with van der Waals surface area (Å²) in [5.41, 5.74) is 0.969. The number of fused-ring (bicyclic) bond motifs is 1. The smallest absolute Gasteiger partial charge is 0.339 e. The van der Waals surface area contributed by atoms with Crippen LogP contribution in [0.4, 0.5) is 5.95 Å². The molecule has 1 amide bonds. The maximum absolute atomic E-state index is 12.4. The molecule has 0 radical (unpaired) electrons. The van der Waals surface area contributed by atoms with Gasteiger partial charge >= 0.3 is 5.97 Å². The van der Waals surface area contributed by atoms with E-state index < -0.39 is 16.9 Å². The molecule has 0 atom stereocenters. The number of hydrogen-bond acceptors (Lipinski definition) is 6. The first kappa shape index (κ1) is 20.0. The number of methoxy groups -OCH3 is 1. The predicted octanol–water partition coefficient (Wildman–Crippen LogP) is 2.59. The molecule has 0 aromatic carbocycles. The van der Waals surface area contributed by atoms with Crippen molar-refractivity contribution in [2.45, 2.75) is 20.8 Å². The van der Waals surface area contributed by atoms with E-state index in [-0.39, 0.29) is 17.5 Å². The van der Waals surface area contributed by atoms with Crippen molar-refractivity contribution in [2.75, 3.05) is 12.4 Å². The number of carbonyl (C=O) groups excluding carboxylic acids is 2. The van der Waals surface area contributed by atoms with Gasteiger partial charge in [-0.3, -0.25) is 19.9 Å². The third-order valence-corrected chi connectivity index (χ3v) is 4.08. The number of carbonyl (C=O) groups is 2. The Bertz CT molecular complexity index is 1170. The van der Waals surface area contributed by atoms with E-state index in [1.807, 2.05) is 0 Å². The number of nitrogens with zero attached hydrogens (tertiary/aromatic N) is 2. The van der Waals surface area contributed by atoms with Crippen molar-refractivity contribution in [1.29, 1.82) is 0 Å². The summed E-state index contributed by atoms with van der Waals surface area (Å²) in [6, 6.07) is 3.29. The fourth-order valence-electron chi connectivity index (χ4n) is 2.41. The van der Waals surface area contributed by atoms with Crippen LogP contribution < -0.4 is 10.9 Å². The molecule has 0 aliphatic rings. The highest BCUT2D eigenvalue weighted by Gasteiger charge is 2.22. The van der Waals surface area contributed by atoms with E-state index in [1.165, 1.54) is 7.11 Å². The molecule has 3 N–H and O–H groups in total. The van der Waals surface area contributed by atoms with Gasteiger partial charge in [0.1, 0.15) is 0 Å². The number of amides is 1. The number of rotatable bonds is 4. The predicted molar refractivity (Wildman–Crippen MR) is 109 cm³/mol. The summed E-state index contributed by atoms with van der Waals surface area (Å²) in [4.78, 5) is 49.9. The van der Waals surface area contributed by atoms with Crippen LogP contribution in [0.2, 0.25) is 0 Å². The van der Waals surface area contributed by atoms with E-state index >= 15 is 0 Å². The lowest BCUT2D eigenvalue weighted by atomic mass is 9.96. The van der Waals surface area contributed by atoms with Crippen molar-refractivity contribution in [1.82, 2.24) is 19.9 Å². The SMILES string of the molecule is COC(=O)c1c[nH]c(C=Cc2cnc3nc(NC(=O)C(C)(C)C)[nH]c(=O)c3c2)c1. The van der Waals surface area contributed by atoms with Crippen LogP contribution in [-0.2, 0) is 9.53 Å². The molecule has 3 aromatic rings. The minimum absolute atomic E-state index is 0.0555. The molecule has 0 saturated heterocycles. The van der Waals surface area contributed by atoms with Gasteiger partial charge in [0.15, 0.2) is 5.65 Å². The summed E-state index contributed by atoms with van der Waals surface area (Å²) < 4.78 is 4.66. The molecule has 0 aliphatic carbocycles. The van der Waals surface area contributed by atoms with Crippen molar-refractivity contribution in [3.05, 3.63) is 51.7 Å². The van der Waals surface area contributed by atoms with Crippen LogP contribution in [0.25, 0.3) is 23.2 Å². The van der Waals surface area contributed by atoms with Gasteiger partial charge in [-0.25, -0.2) is 9.78 Å². The number of pyridine rings is 1. The summed E-state index contributed by atoms with van der Waals surface area (Å²) in [6.45, 7) is 5.28. The van der Waals surface area contributed by atoms with E-state index in [1.54, 1.807) is 57.4 Å². The van der Waals surface area contributed by atoms with Gasteiger partial charge < -0.3 is 9.72 Å². The Kier molecular flexibility index (Phi) is 5.31. The Morgan fingerprint density at radius 1 is 1.21 bits per heavy atom. The Labute approximate surface area is 166 Å². The first-order valence-electron chi connectivity index (χ1n) is 8.84. The lowest BCUT2D eigenvalue weighted by Gasteiger charge is -2.16. The van der Waals surface area contributed by atoms with E-state index in [4.69, 9.17) is 0 Å². The van der Waals surface area contributed by atoms with Gasteiger partial charge in [0.05, 0.1) is 18.1 Å². The summed E-state index contributed by atoms with van der Waals surface area (Å²) in [5.74, 6) is -0.642. The Morgan fingerprint density at radius 3 is 2.66 bits per heavy atom. The third-order valence-electron chi connectivity index (χ3n) is 4.08. The number of nitrogens with one attached hydrogen (secondary N) is 3. The molecule has 0 unspecified atom stereocenters. The van der Waals surface area contributed by atoms with Crippen LogP contribution in [0, 0.1) is 5.41 Å². The molecular formula is C20H21N5O4. The molecule has 0 fully saturated rings. The molecule has 3 rings (SSSR count). The summed E-state index contributed by atoms with van der Waals surface area (Å²) in [6.07, 6.45) is 6.60. The molecular weight excluding hydrogens is 374 g/mol. The first-order valence-corrected chi connectivity index (χ1v) is 8.84. The maximum atomic E-state index is 12.4. The third kappa shape index (κ3) is 4.57. The number of H-pyrrole nitrogens is 2. The Hall–Kier alpha value is -3.75. The maximum Gasteiger partial charge on any atom is 0.339 e. The molecule has 29 heavy (non-hydrogen) atoms.